The molecule has 0 atom stereocenters. The van der Waals surface area contributed by atoms with Gasteiger partial charge in [0.2, 0.25) is 0 Å². The van der Waals surface area contributed by atoms with Gasteiger partial charge in [-0.15, -0.1) is 0 Å². The lowest BCUT2D eigenvalue weighted by Gasteiger charge is -2.28. The van der Waals surface area contributed by atoms with Crippen LogP contribution in [0.15, 0.2) is 24.3 Å². The largest absolute Gasteiger partial charge is 0.372 e. The second-order valence-corrected chi connectivity index (χ2v) is 4.32. The Morgan fingerprint density at radius 2 is 1.76 bits per heavy atom. The van der Waals surface area contributed by atoms with Crippen molar-refractivity contribution in [2.75, 3.05) is 11.9 Å². The smallest absolute Gasteiger partial charge is 0.119 e. The molecule has 0 fully saturated rings. The van der Waals surface area contributed by atoms with Gasteiger partial charge in [0, 0.05) is 25.2 Å². The summed E-state index contributed by atoms with van der Waals surface area (Å²) in [7, 11) is 2.09. The van der Waals surface area contributed by atoms with E-state index in [1.54, 1.807) is 0 Å². The summed E-state index contributed by atoms with van der Waals surface area (Å²) in [5.74, 6) is 0. The molecule has 0 saturated carbocycles. The van der Waals surface area contributed by atoms with Gasteiger partial charge in [-0.1, -0.05) is 40.7 Å². The number of hydrogen-bond donors (Lipinski definition) is 0. The van der Waals surface area contributed by atoms with E-state index in [-0.39, 0.29) is 0 Å². The maximum Gasteiger partial charge on any atom is 0.119 e. The Bertz CT molecular complexity index is 406. The number of benzene rings is 1. The van der Waals surface area contributed by atoms with E-state index in [9.17, 15) is 4.79 Å². The van der Waals surface area contributed by atoms with E-state index in [1.165, 1.54) is 0 Å². The van der Waals surface area contributed by atoms with E-state index in [0.717, 1.165) is 30.4 Å². The minimum Gasteiger partial charge on any atom is -0.372 e. The molecule has 1 rings (SSSR count). The molecule has 0 heterocycles. The van der Waals surface area contributed by atoms with Gasteiger partial charge < -0.3 is 9.69 Å². The van der Waals surface area contributed by atoms with Gasteiger partial charge in [0.05, 0.1) is 11.6 Å². The van der Waals surface area contributed by atoms with Crippen LogP contribution < -0.4 is 4.90 Å². The fourth-order valence-electron chi connectivity index (χ4n) is 1.84. The zero-order chi connectivity index (χ0) is 16.7. The number of carbonyl (C=O) groups excluding carboxylic acids is 1. The van der Waals surface area contributed by atoms with Crippen molar-refractivity contribution in [3.05, 3.63) is 29.8 Å². The average molecular weight is 290 g/mol. The van der Waals surface area contributed by atoms with E-state index in [1.807, 2.05) is 39.0 Å². The van der Waals surface area contributed by atoms with Crippen LogP contribution >= 0.6 is 0 Å². The van der Waals surface area contributed by atoms with Crippen molar-refractivity contribution in [3.63, 3.8) is 0 Å². The predicted molar refractivity (Wildman–Crippen MR) is 91.6 cm³/mol. The Kier molecular flexibility index (Phi) is 14.9. The summed E-state index contributed by atoms with van der Waals surface area (Å²) in [6.07, 6.45) is 3.77. The standard InChI is InChI=1S/C13H18N2.C3H6O.C2H6/c1-4-12(5-2)15(3)13-8-6-7-11(9-13)10-14;1-2-3-4;1-2/h6-9,12H,4-5H2,1-3H3;3H,2H2,1H3;1-2H3. The highest BCUT2D eigenvalue weighted by molar-refractivity contribution is 5.51. The van der Waals surface area contributed by atoms with Gasteiger partial charge in [-0.2, -0.15) is 5.26 Å². The highest BCUT2D eigenvalue weighted by Crippen LogP contribution is 2.19. The molecular formula is C18H30N2O. The first-order valence-electron chi connectivity index (χ1n) is 7.81. The minimum absolute atomic E-state index is 0.555. The third-order valence-corrected chi connectivity index (χ3v) is 3.04. The summed E-state index contributed by atoms with van der Waals surface area (Å²) < 4.78 is 0. The van der Waals surface area contributed by atoms with Gasteiger partial charge in [0.15, 0.2) is 0 Å². The summed E-state index contributed by atoms with van der Waals surface area (Å²) >= 11 is 0. The van der Waals surface area contributed by atoms with Crippen molar-refractivity contribution in [1.29, 1.82) is 5.26 Å². The molecule has 0 aliphatic rings. The Hall–Kier alpha value is -1.82. The molecule has 1 aromatic carbocycles. The topological polar surface area (TPSA) is 44.1 Å². The number of anilines is 1. The van der Waals surface area contributed by atoms with Crippen molar-refractivity contribution in [2.24, 2.45) is 0 Å². The molecule has 0 N–H and O–H groups in total. The summed E-state index contributed by atoms with van der Waals surface area (Å²) in [4.78, 5) is 11.4. The van der Waals surface area contributed by atoms with Crippen LogP contribution in [0.1, 0.15) is 59.4 Å². The number of nitrogens with zero attached hydrogens (tertiary/aromatic N) is 2. The Labute approximate surface area is 130 Å². The molecule has 0 spiro atoms. The monoisotopic (exact) mass is 290 g/mol. The van der Waals surface area contributed by atoms with E-state index in [4.69, 9.17) is 5.26 Å². The van der Waals surface area contributed by atoms with Crippen LogP contribution in [0, 0.1) is 11.3 Å². The number of rotatable bonds is 5. The van der Waals surface area contributed by atoms with E-state index >= 15 is 0 Å². The average Bonchev–Trinajstić information content (AvgIpc) is 2.58. The summed E-state index contributed by atoms with van der Waals surface area (Å²) in [5, 5.41) is 8.83. The van der Waals surface area contributed by atoms with Crippen LogP contribution in [0.25, 0.3) is 0 Å². The molecule has 0 unspecified atom stereocenters. The normalized spacial score (nSPS) is 8.67. The second-order valence-electron chi connectivity index (χ2n) is 4.32. The number of carbonyl (C=O) groups is 1. The van der Waals surface area contributed by atoms with E-state index in [2.05, 4.69) is 37.9 Å². The van der Waals surface area contributed by atoms with Crippen LogP contribution in [0.5, 0.6) is 0 Å². The molecule has 0 saturated heterocycles. The zero-order valence-electron chi connectivity index (χ0n) is 14.4. The Balaban J connectivity index is 0. The second kappa shape index (κ2) is 14.6. The molecule has 1 aromatic rings. The van der Waals surface area contributed by atoms with Gasteiger partial charge in [-0.3, -0.25) is 0 Å². The number of nitriles is 1. The summed E-state index contributed by atoms with van der Waals surface area (Å²) in [6.45, 7) is 10.2. The highest BCUT2D eigenvalue weighted by Gasteiger charge is 2.10. The first-order valence-corrected chi connectivity index (χ1v) is 7.81. The third kappa shape index (κ3) is 8.86. The fourth-order valence-corrected chi connectivity index (χ4v) is 1.84. The predicted octanol–water partition coefficient (Wildman–Crippen LogP) is 4.80. The first kappa shape index (κ1) is 21.5. The van der Waals surface area contributed by atoms with Crippen molar-refractivity contribution >= 4 is 12.0 Å². The van der Waals surface area contributed by atoms with Crippen LogP contribution in [0.4, 0.5) is 5.69 Å². The van der Waals surface area contributed by atoms with Gasteiger partial charge in [0.25, 0.3) is 0 Å². The molecule has 0 bridgehead atoms. The van der Waals surface area contributed by atoms with Gasteiger partial charge in [-0.25, -0.2) is 0 Å². The Morgan fingerprint density at radius 1 is 1.24 bits per heavy atom. The molecule has 118 valence electrons. The fraction of sp³-hybridized carbons (Fsp3) is 0.556. The van der Waals surface area contributed by atoms with Crippen LogP contribution in [-0.2, 0) is 4.79 Å². The van der Waals surface area contributed by atoms with Crippen molar-refractivity contribution < 1.29 is 4.79 Å². The van der Waals surface area contributed by atoms with E-state index < -0.39 is 0 Å². The molecule has 0 amide bonds. The lowest BCUT2D eigenvalue weighted by atomic mass is 10.1. The maximum absolute atomic E-state index is 9.17. The van der Waals surface area contributed by atoms with Crippen LogP contribution in [0.2, 0.25) is 0 Å². The molecule has 3 heteroatoms. The third-order valence-electron chi connectivity index (χ3n) is 3.04. The quantitative estimate of drug-likeness (QED) is 0.731. The molecule has 3 nitrogen and oxygen atoms in total. The molecule has 21 heavy (non-hydrogen) atoms. The van der Waals surface area contributed by atoms with Gasteiger partial charge >= 0.3 is 0 Å². The highest BCUT2D eigenvalue weighted by atomic mass is 16.1. The van der Waals surface area contributed by atoms with Crippen LogP contribution in [0.3, 0.4) is 0 Å². The zero-order valence-corrected chi connectivity index (χ0v) is 14.4. The van der Waals surface area contributed by atoms with Crippen molar-refractivity contribution in [1.82, 2.24) is 0 Å². The SMILES string of the molecule is CC.CCC(CC)N(C)c1cccc(C#N)c1.CCC=O. The molecule has 0 radical (unpaired) electrons. The first-order chi connectivity index (χ1) is 10.1. The van der Waals surface area contributed by atoms with Crippen molar-refractivity contribution in [2.45, 2.75) is 59.9 Å². The number of hydrogen-bond acceptors (Lipinski definition) is 3. The summed E-state index contributed by atoms with van der Waals surface area (Å²) in [5.41, 5.74) is 1.85. The Morgan fingerprint density at radius 3 is 2.14 bits per heavy atom. The summed E-state index contributed by atoms with van der Waals surface area (Å²) in [6, 6.07) is 10.5. The minimum atomic E-state index is 0.555. The van der Waals surface area contributed by atoms with Gasteiger partial charge in [-0.05, 0) is 31.0 Å². The van der Waals surface area contributed by atoms with Crippen LogP contribution in [-0.4, -0.2) is 19.4 Å². The molecule has 0 aromatic heterocycles. The van der Waals surface area contributed by atoms with Gasteiger partial charge in [0.1, 0.15) is 6.29 Å². The lowest BCUT2D eigenvalue weighted by Crippen LogP contribution is -2.30. The molecular weight excluding hydrogens is 260 g/mol. The maximum atomic E-state index is 9.17. The van der Waals surface area contributed by atoms with Crippen molar-refractivity contribution in [3.8, 4) is 6.07 Å². The lowest BCUT2D eigenvalue weighted by molar-refractivity contribution is -0.107. The number of aldehydes is 1. The molecule has 0 aliphatic heterocycles. The molecule has 0 aliphatic carbocycles. The van der Waals surface area contributed by atoms with E-state index in [0.29, 0.717) is 12.5 Å².